The van der Waals surface area contributed by atoms with E-state index >= 15 is 0 Å². The van der Waals surface area contributed by atoms with Gasteiger partial charge in [0.05, 0.1) is 0 Å². The van der Waals surface area contributed by atoms with Crippen molar-refractivity contribution in [3.05, 3.63) is 0 Å². The van der Waals surface area contributed by atoms with Crippen molar-refractivity contribution in [2.24, 2.45) is 5.92 Å². The molecule has 0 bridgehead atoms. The number of amides is 1. The molecule has 1 unspecified atom stereocenters. The fourth-order valence-corrected chi connectivity index (χ4v) is 1.68. The predicted octanol–water partition coefficient (Wildman–Crippen LogP) is 2.04. The van der Waals surface area contributed by atoms with Crippen LogP contribution in [0, 0.1) is 5.92 Å². The van der Waals surface area contributed by atoms with E-state index < -0.39 is 23.6 Å². The molecule has 1 aliphatic carbocycles. The number of hydrogen-bond acceptors (Lipinski definition) is 2. The number of carboxylic acids is 1. The number of nitrogens with zero attached hydrogens (tertiary/aromatic N) is 1. The quantitative estimate of drug-likeness (QED) is 0.829. The average Bonchev–Trinajstić information content (AvgIpc) is 3.06. The topological polar surface area (TPSA) is 57.6 Å². The van der Waals surface area contributed by atoms with Crippen molar-refractivity contribution in [3.63, 3.8) is 0 Å². The van der Waals surface area contributed by atoms with Crippen LogP contribution in [0.3, 0.4) is 0 Å². The van der Waals surface area contributed by atoms with Gasteiger partial charge in [-0.15, -0.1) is 0 Å². The molecule has 1 saturated carbocycles. The molecular weight excluding hydrogens is 251 g/mol. The molecule has 0 radical (unpaired) electrons. The van der Waals surface area contributed by atoms with E-state index in [2.05, 4.69) is 0 Å². The molecule has 18 heavy (non-hydrogen) atoms. The molecule has 0 saturated heterocycles. The number of aliphatic carboxylic acids is 1. The summed E-state index contributed by atoms with van der Waals surface area (Å²) >= 11 is 0. The van der Waals surface area contributed by atoms with Gasteiger partial charge in [-0.05, 0) is 32.1 Å². The second kappa shape index (κ2) is 4.78. The number of hydrogen-bond donors (Lipinski definition) is 1. The van der Waals surface area contributed by atoms with Crippen molar-refractivity contribution in [1.29, 1.82) is 0 Å². The fraction of sp³-hybridized carbons (Fsp3) is 0.818. The van der Waals surface area contributed by atoms with Crippen LogP contribution in [0.25, 0.3) is 0 Å². The van der Waals surface area contributed by atoms with Gasteiger partial charge in [0, 0.05) is 6.54 Å². The van der Waals surface area contributed by atoms with Crippen molar-refractivity contribution in [1.82, 2.24) is 4.90 Å². The molecule has 0 aliphatic heterocycles. The highest BCUT2D eigenvalue weighted by atomic mass is 19.4. The lowest BCUT2D eigenvalue weighted by Gasteiger charge is -2.37. The van der Waals surface area contributed by atoms with E-state index in [9.17, 15) is 22.8 Å². The lowest BCUT2D eigenvalue weighted by atomic mass is 9.95. The van der Waals surface area contributed by atoms with Crippen LogP contribution in [0.1, 0.15) is 33.1 Å². The number of carboxylic acid groups (broad SMARTS) is 1. The second-order valence-electron chi connectivity index (χ2n) is 4.79. The van der Waals surface area contributed by atoms with Crippen LogP contribution >= 0.6 is 0 Å². The van der Waals surface area contributed by atoms with E-state index in [1.165, 1.54) is 6.92 Å². The molecule has 0 aromatic carbocycles. The fourth-order valence-electron chi connectivity index (χ4n) is 1.68. The van der Waals surface area contributed by atoms with Gasteiger partial charge in [0.15, 0.2) is 0 Å². The second-order valence-corrected chi connectivity index (χ2v) is 4.79. The molecule has 0 aromatic rings. The molecular formula is C11H16F3NO3. The van der Waals surface area contributed by atoms with E-state index in [4.69, 9.17) is 5.11 Å². The first-order chi connectivity index (χ1) is 8.13. The Balaban J connectivity index is 3.02. The molecule has 1 amide bonds. The first kappa shape index (κ1) is 14.8. The third-order valence-electron chi connectivity index (χ3n) is 3.37. The van der Waals surface area contributed by atoms with Crippen molar-refractivity contribution in [2.75, 3.05) is 6.54 Å². The summed E-state index contributed by atoms with van der Waals surface area (Å²) in [7, 11) is 0. The molecule has 1 N–H and O–H groups in total. The zero-order chi connectivity index (χ0) is 14.1. The van der Waals surface area contributed by atoms with Crippen LogP contribution in [0.4, 0.5) is 13.2 Å². The SMILES string of the molecule is CCC(C)(C(=O)O)N(CC1CC1)C(=O)C(F)(F)F. The van der Waals surface area contributed by atoms with Gasteiger partial charge in [0.2, 0.25) is 0 Å². The van der Waals surface area contributed by atoms with Gasteiger partial charge >= 0.3 is 18.1 Å². The van der Waals surface area contributed by atoms with Crippen LogP contribution in [0.2, 0.25) is 0 Å². The Kier molecular flexibility index (Phi) is 3.92. The molecule has 1 atom stereocenters. The molecule has 104 valence electrons. The highest BCUT2D eigenvalue weighted by Crippen LogP contribution is 2.35. The number of alkyl halides is 3. The lowest BCUT2D eigenvalue weighted by molar-refractivity contribution is -0.195. The minimum Gasteiger partial charge on any atom is -0.480 e. The predicted molar refractivity (Wildman–Crippen MR) is 56.8 cm³/mol. The van der Waals surface area contributed by atoms with Gasteiger partial charge in [-0.3, -0.25) is 4.79 Å². The summed E-state index contributed by atoms with van der Waals surface area (Å²) in [5.74, 6) is -3.49. The van der Waals surface area contributed by atoms with E-state index in [1.807, 2.05) is 0 Å². The van der Waals surface area contributed by atoms with Gasteiger partial charge in [0.1, 0.15) is 5.54 Å². The third kappa shape index (κ3) is 2.94. The van der Waals surface area contributed by atoms with E-state index in [1.54, 1.807) is 0 Å². The summed E-state index contributed by atoms with van der Waals surface area (Å²) in [6.45, 7) is 2.47. The summed E-state index contributed by atoms with van der Waals surface area (Å²) in [5.41, 5.74) is -1.81. The smallest absolute Gasteiger partial charge is 0.471 e. The first-order valence-electron chi connectivity index (χ1n) is 5.75. The van der Waals surface area contributed by atoms with E-state index in [0.29, 0.717) is 4.90 Å². The number of carbonyl (C=O) groups is 2. The van der Waals surface area contributed by atoms with Gasteiger partial charge in [0.25, 0.3) is 0 Å². The summed E-state index contributed by atoms with van der Waals surface area (Å²) in [5, 5.41) is 9.09. The third-order valence-corrected chi connectivity index (χ3v) is 3.37. The zero-order valence-corrected chi connectivity index (χ0v) is 10.3. The van der Waals surface area contributed by atoms with Gasteiger partial charge in [-0.25, -0.2) is 4.79 Å². The maximum atomic E-state index is 12.5. The van der Waals surface area contributed by atoms with Crippen LogP contribution in [-0.2, 0) is 9.59 Å². The Morgan fingerprint density at radius 1 is 1.33 bits per heavy atom. The summed E-state index contributed by atoms with van der Waals surface area (Å²) in [6, 6.07) is 0. The summed E-state index contributed by atoms with van der Waals surface area (Å²) < 4.78 is 37.5. The van der Waals surface area contributed by atoms with Gasteiger partial charge in [-0.1, -0.05) is 6.92 Å². The minimum atomic E-state index is -5.04. The summed E-state index contributed by atoms with van der Waals surface area (Å²) in [4.78, 5) is 23.0. The molecule has 0 spiro atoms. The van der Waals surface area contributed by atoms with Crippen LogP contribution < -0.4 is 0 Å². The average molecular weight is 267 g/mol. The maximum Gasteiger partial charge on any atom is 0.471 e. The Labute approximate surface area is 103 Å². The molecule has 1 aliphatic rings. The Hall–Kier alpha value is -1.27. The van der Waals surface area contributed by atoms with Crippen molar-refractivity contribution in [3.8, 4) is 0 Å². The normalized spacial score (nSPS) is 19.2. The Morgan fingerprint density at radius 3 is 2.11 bits per heavy atom. The molecule has 1 fully saturated rings. The molecule has 4 nitrogen and oxygen atoms in total. The number of rotatable bonds is 5. The largest absolute Gasteiger partial charge is 0.480 e. The van der Waals surface area contributed by atoms with E-state index in [-0.39, 0.29) is 18.9 Å². The molecule has 0 heterocycles. The zero-order valence-electron chi connectivity index (χ0n) is 10.3. The number of carbonyl (C=O) groups excluding carboxylic acids is 1. The first-order valence-corrected chi connectivity index (χ1v) is 5.75. The van der Waals surface area contributed by atoms with Crippen molar-refractivity contribution < 1.29 is 27.9 Å². The highest BCUT2D eigenvalue weighted by Gasteiger charge is 2.51. The monoisotopic (exact) mass is 267 g/mol. The van der Waals surface area contributed by atoms with Crippen molar-refractivity contribution >= 4 is 11.9 Å². The van der Waals surface area contributed by atoms with Crippen LogP contribution in [-0.4, -0.2) is 40.1 Å². The molecule has 7 heteroatoms. The number of halogens is 3. The van der Waals surface area contributed by atoms with E-state index in [0.717, 1.165) is 19.8 Å². The minimum absolute atomic E-state index is 0.0125. The van der Waals surface area contributed by atoms with Crippen LogP contribution in [0.15, 0.2) is 0 Å². The maximum absolute atomic E-state index is 12.5. The molecule has 0 aromatic heterocycles. The van der Waals surface area contributed by atoms with Gasteiger partial charge in [-0.2, -0.15) is 13.2 Å². The van der Waals surface area contributed by atoms with Crippen molar-refractivity contribution in [2.45, 2.75) is 44.8 Å². The standard InChI is InChI=1S/C11H16F3NO3/c1-3-10(2,9(17)18)15(6-7-4-5-7)8(16)11(12,13)14/h7H,3-6H2,1-2H3,(H,17,18). The Morgan fingerprint density at radius 2 is 1.83 bits per heavy atom. The van der Waals surface area contributed by atoms with Gasteiger partial charge < -0.3 is 10.0 Å². The molecule has 1 rings (SSSR count). The lowest BCUT2D eigenvalue weighted by Crippen LogP contribution is -2.58. The van der Waals surface area contributed by atoms with Crippen LogP contribution in [0.5, 0.6) is 0 Å². The summed E-state index contributed by atoms with van der Waals surface area (Å²) in [6.07, 6.45) is -3.64. The highest BCUT2D eigenvalue weighted by molar-refractivity contribution is 5.89. The Bertz CT molecular complexity index is 352.